The Morgan fingerprint density at radius 1 is 0.846 bits per heavy atom. The minimum absolute atomic E-state index is 0. The fourth-order valence-corrected chi connectivity index (χ4v) is 1.42. The summed E-state index contributed by atoms with van der Waals surface area (Å²) in [7, 11) is 4.26. The van der Waals surface area contributed by atoms with Gasteiger partial charge in [0.2, 0.25) is 0 Å². The van der Waals surface area contributed by atoms with E-state index < -0.39 is 0 Å². The van der Waals surface area contributed by atoms with Crippen LogP contribution in [0.3, 0.4) is 0 Å². The standard InChI is InChI=1S/C10H22ClN.ClH/c1-12(2)10-8-6-4-3-5-7-9-11;/h3-10H2,1-2H3;1H. The van der Waals surface area contributed by atoms with Crippen LogP contribution in [-0.2, 0) is 0 Å². The molecule has 0 amide bonds. The van der Waals surface area contributed by atoms with Gasteiger partial charge in [-0.15, -0.1) is 24.0 Å². The first-order valence-electron chi connectivity index (χ1n) is 4.98. The van der Waals surface area contributed by atoms with E-state index in [2.05, 4.69) is 19.0 Å². The van der Waals surface area contributed by atoms with E-state index in [1.807, 2.05) is 0 Å². The zero-order valence-corrected chi connectivity index (χ0v) is 10.5. The fraction of sp³-hybridized carbons (Fsp3) is 1.00. The number of nitrogens with zero attached hydrogens (tertiary/aromatic N) is 1. The molecule has 3 heteroatoms. The van der Waals surface area contributed by atoms with Crippen LogP contribution in [0.5, 0.6) is 0 Å². The van der Waals surface area contributed by atoms with E-state index in [0.717, 1.165) is 5.88 Å². The molecule has 0 bridgehead atoms. The molecule has 13 heavy (non-hydrogen) atoms. The van der Waals surface area contributed by atoms with Crippen molar-refractivity contribution in [1.29, 1.82) is 0 Å². The highest BCUT2D eigenvalue weighted by Gasteiger charge is 1.91. The topological polar surface area (TPSA) is 3.24 Å². The summed E-state index contributed by atoms with van der Waals surface area (Å²) in [6.07, 6.45) is 7.96. The molecule has 0 unspecified atom stereocenters. The van der Waals surface area contributed by atoms with Gasteiger partial charge >= 0.3 is 0 Å². The molecule has 0 N–H and O–H groups in total. The smallest absolute Gasteiger partial charge is 0.0223 e. The third kappa shape index (κ3) is 15.3. The molecule has 0 atom stereocenters. The first-order chi connectivity index (χ1) is 5.77. The lowest BCUT2D eigenvalue weighted by Gasteiger charge is -2.08. The van der Waals surface area contributed by atoms with Crippen LogP contribution >= 0.6 is 24.0 Å². The molecule has 0 aromatic heterocycles. The van der Waals surface area contributed by atoms with Crippen LogP contribution in [-0.4, -0.2) is 31.4 Å². The number of halogens is 2. The molecule has 0 saturated carbocycles. The first kappa shape index (κ1) is 16.0. The summed E-state index contributed by atoms with van der Waals surface area (Å²) in [6.45, 7) is 1.23. The van der Waals surface area contributed by atoms with E-state index in [1.54, 1.807) is 0 Å². The number of hydrogen-bond acceptors (Lipinski definition) is 1. The van der Waals surface area contributed by atoms with Crippen molar-refractivity contribution in [1.82, 2.24) is 4.90 Å². The van der Waals surface area contributed by atoms with Crippen molar-refractivity contribution in [3.63, 3.8) is 0 Å². The fourth-order valence-electron chi connectivity index (χ4n) is 1.23. The second kappa shape index (κ2) is 12.5. The largest absolute Gasteiger partial charge is 0.309 e. The summed E-state index contributed by atoms with van der Waals surface area (Å²) in [5.74, 6) is 0.831. The lowest BCUT2D eigenvalue weighted by atomic mass is 10.1. The number of hydrogen-bond donors (Lipinski definition) is 0. The predicted molar refractivity (Wildman–Crippen MR) is 64.2 cm³/mol. The van der Waals surface area contributed by atoms with Crippen molar-refractivity contribution >= 4 is 24.0 Å². The molecular weight excluding hydrogens is 205 g/mol. The third-order valence-electron chi connectivity index (χ3n) is 1.99. The molecular formula is C10H23Cl2N. The summed E-state index contributed by atoms with van der Waals surface area (Å²) in [4.78, 5) is 2.25. The number of rotatable bonds is 8. The molecule has 0 radical (unpaired) electrons. The van der Waals surface area contributed by atoms with Crippen LogP contribution in [0.25, 0.3) is 0 Å². The Morgan fingerprint density at radius 3 is 1.77 bits per heavy atom. The zero-order chi connectivity index (χ0) is 9.23. The monoisotopic (exact) mass is 227 g/mol. The van der Waals surface area contributed by atoms with Crippen molar-refractivity contribution in [3.05, 3.63) is 0 Å². The van der Waals surface area contributed by atoms with Gasteiger partial charge in [0.25, 0.3) is 0 Å². The van der Waals surface area contributed by atoms with Crippen molar-refractivity contribution in [2.75, 3.05) is 26.5 Å². The number of alkyl halides is 1. The van der Waals surface area contributed by atoms with Crippen molar-refractivity contribution in [2.45, 2.75) is 38.5 Å². The predicted octanol–water partition coefficient (Wildman–Crippen LogP) is 3.55. The maximum atomic E-state index is 5.58. The zero-order valence-electron chi connectivity index (χ0n) is 8.89. The van der Waals surface area contributed by atoms with Gasteiger partial charge in [-0.25, -0.2) is 0 Å². The summed E-state index contributed by atoms with van der Waals surface area (Å²) in [5.41, 5.74) is 0. The van der Waals surface area contributed by atoms with Crippen LogP contribution < -0.4 is 0 Å². The van der Waals surface area contributed by atoms with Gasteiger partial charge in [-0.05, 0) is 33.5 Å². The molecule has 0 aromatic rings. The summed E-state index contributed by atoms with van der Waals surface area (Å²) < 4.78 is 0. The molecule has 82 valence electrons. The van der Waals surface area contributed by atoms with E-state index in [4.69, 9.17) is 11.6 Å². The Balaban J connectivity index is 0. The van der Waals surface area contributed by atoms with Crippen LogP contribution in [0.1, 0.15) is 38.5 Å². The van der Waals surface area contributed by atoms with Gasteiger partial charge in [-0.2, -0.15) is 0 Å². The maximum absolute atomic E-state index is 5.58. The second-order valence-corrected chi connectivity index (χ2v) is 3.99. The highest BCUT2D eigenvalue weighted by molar-refractivity contribution is 6.17. The Labute approximate surface area is 94.2 Å². The minimum Gasteiger partial charge on any atom is -0.309 e. The van der Waals surface area contributed by atoms with Gasteiger partial charge in [0, 0.05) is 5.88 Å². The van der Waals surface area contributed by atoms with E-state index in [9.17, 15) is 0 Å². The van der Waals surface area contributed by atoms with Gasteiger partial charge in [0.15, 0.2) is 0 Å². The van der Waals surface area contributed by atoms with E-state index in [0.29, 0.717) is 0 Å². The highest BCUT2D eigenvalue weighted by Crippen LogP contribution is 2.05. The Bertz CT molecular complexity index is 87.0. The second-order valence-electron chi connectivity index (χ2n) is 3.61. The summed E-state index contributed by atoms with van der Waals surface area (Å²) in [5, 5.41) is 0. The van der Waals surface area contributed by atoms with Crippen molar-refractivity contribution in [2.24, 2.45) is 0 Å². The normalized spacial score (nSPS) is 10.2. The molecule has 0 aliphatic rings. The average Bonchev–Trinajstić information content (AvgIpc) is 2.02. The molecule has 1 nitrogen and oxygen atoms in total. The Hall–Kier alpha value is 0.540. The first-order valence-corrected chi connectivity index (χ1v) is 5.51. The number of unbranched alkanes of at least 4 members (excludes halogenated alkanes) is 5. The molecule has 0 heterocycles. The van der Waals surface area contributed by atoms with Crippen molar-refractivity contribution < 1.29 is 0 Å². The quantitative estimate of drug-likeness (QED) is 0.453. The van der Waals surface area contributed by atoms with Gasteiger partial charge in [0.05, 0.1) is 0 Å². The molecule has 0 aliphatic carbocycles. The van der Waals surface area contributed by atoms with E-state index >= 15 is 0 Å². The lowest BCUT2D eigenvalue weighted by molar-refractivity contribution is 0.389. The van der Waals surface area contributed by atoms with Crippen LogP contribution in [0.4, 0.5) is 0 Å². The molecule has 0 aliphatic heterocycles. The molecule has 0 saturated heterocycles. The Kier molecular flexibility index (Phi) is 15.4. The minimum atomic E-state index is 0. The lowest BCUT2D eigenvalue weighted by Crippen LogP contribution is -2.12. The SMILES string of the molecule is CN(C)CCCCCCCCCl.Cl. The van der Waals surface area contributed by atoms with Crippen molar-refractivity contribution in [3.8, 4) is 0 Å². The van der Waals surface area contributed by atoms with Gasteiger partial charge in [-0.3, -0.25) is 0 Å². The Morgan fingerprint density at radius 2 is 1.31 bits per heavy atom. The van der Waals surface area contributed by atoms with Crippen LogP contribution in [0.15, 0.2) is 0 Å². The molecule has 0 aromatic carbocycles. The van der Waals surface area contributed by atoms with Gasteiger partial charge in [0.1, 0.15) is 0 Å². The van der Waals surface area contributed by atoms with Crippen LogP contribution in [0.2, 0.25) is 0 Å². The van der Waals surface area contributed by atoms with Gasteiger partial charge < -0.3 is 4.90 Å². The average molecular weight is 228 g/mol. The highest BCUT2D eigenvalue weighted by atomic mass is 35.5. The molecule has 0 rings (SSSR count). The molecule has 0 spiro atoms. The van der Waals surface area contributed by atoms with Gasteiger partial charge in [-0.1, -0.05) is 25.7 Å². The van der Waals surface area contributed by atoms with E-state index in [-0.39, 0.29) is 12.4 Å². The van der Waals surface area contributed by atoms with Crippen LogP contribution in [0, 0.1) is 0 Å². The summed E-state index contributed by atoms with van der Waals surface area (Å²) >= 11 is 5.58. The summed E-state index contributed by atoms with van der Waals surface area (Å²) in [6, 6.07) is 0. The molecule has 0 fully saturated rings. The van der Waals surface area contributed by atoms with E-state index in [1.165, 1.54) is 45.1 Å². The third-order valence-corrected chi connectivity index (χ3v) is 2.26. The maximum Gasteiger partial charge on any atom is 0.0223 e.